The fourth-order valence-electron chi connectivity index (χ4n) is 2.37. The molecule has 0 bridgehead atoms. The van der Waals surface area contributed by atoms with Crippen LogP contribution in [-0.2, 0) is 0 Å². The van der Waals surface area contributed by atoms with Gasteiger partial charge >= 0.3 is 0 Å². The molecule has 2 aromatic rings. The number of carbonyl (C=O) groups is 1. The van der Waals surface area contributed by atoms with Gasteiger partial charge in [0.15, 0.2) is 0 Å². The number of nitrogens with zero attached hydrogens (tertiary/aromatic N) is 2. The van der Waals surface area contributed by atoms with Crippen LogP contribution in [0.25, 0.3) is 0 Å². The number of anilines is 2. The molecule has 120 valence electrons. The summed E-state index contributed by atoms with van der Waals surface area (Å²) in [6.45, 7) is 5.96. The largest absolute Gasteiger partial charge is 0.372 e. The standard InChI is InChI=1S/C17H19N3O3/c1-3-19(4-2)14-11-9-13(10-12-14)18-17(21)15-7-5-6-8-16(15)20(22)23/h5-12H,3-4H2,1-2H3,(H,18,21). The molecule has 2 rings (SSSR count). The molecule has 0 saturated carbocycles. The zero-order chi connectivity index (χ0) is 16.8. The van der Waals surface area contributed by atoms with Gasteiger partial charge in [-0.1, -0.05) is 12.1 Å². The van der Waals surface area contributed by atoms with Crippen molar-refractivity contribution in [1.29, 1.82) is 0 Å². The molecule has 23 heavy (non-hydrogen) atoms. The summed E-state index contributed by atoms with van der Waals surface area (Å²) in [5, 5.41) is 13.7. The van der Waals surface area contributed by atoms with Gasteiger partial charge in [-0.25, -0.2) is 0 Å². The minimum Gasteiger partial charge on any atom is -0.372 e. The van der Waals surface area contributed by atoms with Gasteiger partial charge < -0.3 is 10.2 Å². The minimum atomic E-state index is -0.557. The number of nitrogens with one attached hydrogen (secondary N) is 1. The van der Waals surface area contributed by atoms with Gasteiger partial charge in [0.1, 0.15) is 5.56 Å². The van der Waals surface area contributed by atoms with Crippen molar-refractivity contribution in [3.8, 4) is 0 Å². The van der Waals surface area contributed by atoms with Gasteiger partial charge in [0.2, 0.25) is 0 Å². The molecule has 0 atom stereocenters. The van der Waals surface area contributed by atoms with Crippen LogP contribution < -0.4 is 10.2 Å². The van der Waals surface area contributed by atoms with E-state index in [-0.39, 0.29) is 11.3 Å². The van der Waals surface area contributed by atoms with E-state index in [9.17, 15) is 14.9 Å². The van der Waals surface area contributed by atoms with Gasteiger partial charge in [0.25, 0.3) is 11.6 Å². The third-order valence-electron chi connectivity index (χ3n) is 3.60. The molecule has 0 aliphatic carbocycles. The Hall–Kier alpha value is -2.89. The van der Waals surface area contributed by atoms with Gasteiger partial charge in [-0.2, -0.15) is 0 Å². The Kier molecular flexibility index (Phi) is 5.30. The van der Waals surface area contributed by atoms with Gasteiger partial charge in [0, 0.05) is 30.5 Å². The van der Waals surface area contributed by atoms with Gasteiger partial charge in [-0.05, 0) is 44.2 Å². The number of para-hydroxylation sites is 1. The Morgan fingerprint density at radius 1 is 1.09 bits per heavy atom. The van der Waals surface area contributed by atoms with E-state index in [2.05, 4.69) is 24.1 Å². The normalized spacial score (nSPS) is 10.2. The third-order valence-corrected chi connectivity index (χ3v) is 3.60. The Bertz CT molecular complexity index is 694. The van der Waals surface area contributed by atoms with Crippen molar-refractivity contribution in [2.45, 2.75) is 13.8 Å². The van der Waals surface area contributed by atoms with Crippen molar-refractivity contribution in [3.63, 3.8) is 0 Å². The average molecular weight is 313 g/mol. The summed E-state index contributed by atoms with van der Waals surface area (Å²) in [4.78, 5) is 24.9. The fraction of sp³-hybridized carbons (Fsp3) is 0.235. The molecule has 6 heteroatoms. The van der Waals surface area contributed by atoms with Crippen LogP contribution in [-0.4, -0.2) is 23.9 Å². The Morgan fingerprint density at radius 2 is 1.70 bits per heavy atom. The van der Waals surface area contributed by atoms with E-state index in [0.29, 0.717) is 5.69 Å². The summed E-state index contributed by atoms with van der Waals surface area (Å²) in [6.07, 6.45) is 0. The molecule has 0 spiro atoms. The SMILES string of the molecule is CCN(CC)c1ccc(NC(=O)c2ccccc2[N+](=O)[O-])cc1. The highest BCUT2D eigenvalue weighted by Crippen LogP contribution is 2.21. The molecule has 0 fully saturated rings. The average Bonchev–Trinajstić information content (AvgIpc) is 2.57. The Balaban J connectivity index is 2.16. The summed E-state index contributed by atoms with van der Waals surface area (Å²) < 4.78 is 0. The minimum absolute atomic E-state index is 0.0466. The van der Waals surface area contributed by atoms with Gasteiger partial charge in [0.05, 0.1) is 4.92 Å². The lowest BCUT2D eigenvalue weighted by Gasteiger charge is -2.21. The molecular weight excluding hydrogens is 294 g/mol. The molecule has 0 aliphatic rings. The highest BCUT2D eigenvalue weighted by Gasteiger charge is 2.19. The number of carbonyl (C=O) groups excluding carboxylic acids is 1. The number of hydrogen-bond acceptors (Lipinski definition) is 4. The molecule has 0 radical (unpaired) electrons. The highest BCUT2D eigenvalue weighted by atomic mass is 16.6. The van der Waals surface area contributed by atoms with Crippen LogP contribution in [0.1, 0.15) is 24.2 Å². The molecule has 6 nitrogen and oxygen atoms in total. The monoisotopic (exact) mass is 313 g/mol. The van der Waals surface area contributed by atoms with Crippen LogP contribution >= 0.6 is 0 Å². The second-order valence-electron chi connectivity index (χ2n) is 4.95. The fourth-order valence-corrected chi connectivity index (χ4v) is 2.37. The zero-order valence-corrected chi connectivity index (χ0v) is 13.2. The first-order chi connectivity index (χ1) is 11.1. The number of amides is 1. The lowest BCUT2D eigenvalue weighted by atomic mass is 10.1. The van der Waals surface area contributed by atoms with E-state index in [0.717, 1.165) is 18.8 Å². The number of rotatable bonds is 6. The molecule has 0 saturated heterocycles. The van der Waals surface area contributed by atoms with Crippen molar-refractivity contribution < 1.29 is 9.72 Å². The predicted molar refractivity (Wildman–Crippen MR) is 91.1 cm³/mol. The smallest absolute Gasteiger partial charge is 0.282 e. The predicted octanol–water partition coefficient (Wildman–Crippen LogP) is 3.69. The van der Waals surface area contributed by atoms with Gasteiger partial charge in [-0.3, -0.25) is 14.9 Å². The van der Waals surface area contributed by atoms with E-state index in [4.69, 9.17) is 0 Å². The summed E-state index contributed by atoms with van der Waals surface area (Å²) in [7, 11) is 0. The van der Waals surface area contributed by atoms with Gasteiger partial charge in [-0.15, -0.1) is 0 Å². The summed E-state index contributed by atoms with van der Waals surface area (Å²) in [5.74, 6) is -0.493. The van der Waals surface area contributed by atoms with Crippen molar-refractivity contribution in [1.82, 2.24) is 0 Å². The van der Waals surface area contributed by atoms with E-state index >= 15 is 0 Å². The summed E-state index contributed by atoms with van der Waals surface area (Å²) >= 11 is 0. The maximum absolute atomic E-state index is 12.2. The van der Waals surface area contributed by atoms with E-state index in [1.165, 1.54) is 18.2 Å². The molecule has 0 unspecified atom stereocenters. The number of nitro benzene ring substituents is 1. The van der Waals surface area contributed by atoms with Crippen molar-refractivity contribution in [2.24, 2.45) is 0 Å². The maximum Gasteiger partial charge on any atom is 0.282 e. The van der Waals surface area contributed by atoms with Crippen molar-refractivity contribution in [3.05, 3.63) is 64.2 Å². The lowest BCUT2D eigenvalue weighted by Crippen LogP contribution is -2.21. The topological polar surface area (TPSA) is 75.5 Å². The molecular formula is C17H19N3O3. The van der Waals surface area contributed by atoms with Crippen LogP contribution in [0.5, 0.6) is 0 Å². The first-order valence-corrected chi connectivity index (χ1v) is 7.46. The first-order valence-electron chi connectivity index (χ1n) is 7.46. The van der Waals surface area contributed by atoms with E-state index in [1.54, 1.807) is 18.2 Å². The Labute approximate surface area is 134 Å². The molecule has 0 heterocycles. The summed E-state index contributed by atoms with van der Waals surface area (Å²) in [5.41, 5.74) is 1.51. The Morgan fingerprint density at radius 3 is 2.26 bits per heavy atom. The molecule has 0 aliphatic heterocycles. The molecule has 1 amide bonds. The van der Waals surface area contributed by atoms with Crippen LogP contribution in [0.3, 0.4) is 0 Å². The van der Waals surface area contributed by atoms with Crippen LogP contribution in [0.4, 0.5) is 17.1 Å². The van der Waals surface area contributed by atoms with Crippen molar-refractivity contribution in [2.75, 3.05) is 23.3 Å². The van der Waals surface area contributed by atoms with E-state index < -0.39 is 10.8 Å². The second kappa shape index (κ2) is 7.40. The van der Waals surface area contributed by atoms with Crippen LogP contribution in [0, 0.1) is 10.1 Å². The van der Waals surface area contributed by atoms with Crippen LogP contribution in [0.2, 0.25) is 0 Å². The lowest BCUT2D eigenvalue weighted by molar-refractivity contribution is -0.385. The molecule has 0 aromatic heterocycles. The molecule has 2 aromatic carbocycles. The number of hydrogen-bond donors (Lipinski definition) is 1. The zero-order valence-electron chi connectivity index (χ0n) is 13.2. The van der Waals surface area contributed by atoms with Crippen molar-refractivity contribution >= 4 is 23.0 Å². The maximum atomic E-state index is 12.2. The molecule has 1 N–H and O–H groups in total. The third kappa shape index (κ3) is 3.85. The summed E-state index contributed by atoms with van der Waals surface area (Å²) in [6, 6.07) is 13.3. The number of nitro groups is 1. The number of benzene rings is 2. The first kappa shape index (κ1) is 16.5. The second-order valence-corrected chi connectivity index (χ2v) is 4.95. The van der Waals surface area contributed by atoms with E-state index in [1.807, 2.05) is 12.1 Å². The highest BCUT2D eigenvalue weighted by molar-refractivity contribution is 6.07. The quantitative estimate of drug-likeness (QED) is 0.652. The van der Waals surface area contributed by atoms with Crippen LogP contribution in [0.15, 0.2) is 48.5 Å².